The van der Waals surface area contributed by atoms with E-state index in [4.69, 9.17) is 11.5 Å². The standard InChI is InChI=1S/C18H25N5OS/c19-15-14-13(4-7-21-18(14)25-16(15)17(20)24)23-10-5-12(6-11-23)22-8-2-1-3-9-22/h4,7,12H,1-3,5-6,8-11,19H2,(H2,20,24)/p+1. The van der Waals surface area contributed by atoms with Crippen molar-refractivity contribution in [2.45, 2.75) is 38.1 Å². The Balaban J connectivity index is 1.56. The van der Waals surface area contributed by atoms with E-state index in [2.05, 4.69) is 20.9 Å². The molecule has 0 unspecified atom stereocenters. The zero-order chi connectivity index (χ0) is 17.4. The molecule has 0 aromatic carbocycles. The zero-order valence-corrected chi connectivity index (χ0v) is 15.3. The number of anilines is 2. The fourth-order valence-electron chi connectivity index (χ4n) is 4.28. The summed E-state index contributed by atoms with van der Waals surface area (Å²) in [6, 6.07) is 2.78. The summed E-state index contributed by atoms with van der Waals surface area (Å²) in [7, 11) is 0. The number of likely N-dealkylation sites (tertiary alicyclic amines) is 1. The quantitative estimate of drug-likeness (QED) is 0.874. The molecule has 2 aliphatic rings. The van der Waals surface area contributed by atoms with Crippen molar-refractivity contribution >= 4 is 38.8 Å². The lowest BCUT2D eigenvalue weighted by Gasteiger charge is -2.41. The van der Waals surface area contributed by atoms with Crippen LogP contribution < -0.4 is 21.4 Å². The van der Waals surface area contributed by atoms with Crippen molar-refractivity contribution in [1.29, 1.82) is 0 Å². The van der Waals surface area contributed by atoms with Gasteiger partial charge in [0.15, 0.2) is 6.20 Å². The second kappa shape index (κ2) is 6.80. The minimum atomic E-state index is -0.457. The Bertz CT molecular complexity index is 775. The molecule has 4 heterocycles. The first-order valence-electron chi connectivity index (χ1n) is 9.16. The van der Waals surface area contributed by atoms with Gasteiger partial charge in [-0.1, -0.05) is 17.8 Å². The number of primary amides is 1. The summed E-state index contributed by atoms with van der Waals surface area (Å²) in [5.41, 5.74) is 13.3. The molecule has 2 aliphatic heterocycles. The number of thiophene rings is 1. The predicted molar refractivity (Wildman–Crippen MR) is 102 cm³/mol. The number of carbonyl (C=O) groups is 1. The van der Waals surface area contributed by atoms with Gasteiger partial charge in [-0.25, -0.2) is 4.98 Å². The Morgan fingerprint density at radius 2 is 1.88 bits per heavy atom. The summed E-state index contributed by atoms with van der Waals surface area (Å²) in [6.07, 6.45) is 8.37. The highest BCUT2D eigenvalue weighted by Crippen LogP contribution is 2.38. The van der Waals surface area contributed by atoms with E-state index < -0.39 is 5.91 Å². The molecular formula is C18H26N5OS+. The van der Waals surface area contributed by atoms with Crippen molar-refractivity contribution in [2.24, 2.45) is 5.73 Å². The Hall–Kier alpha value is -1.86. The van der Waals surface area contributed by atoms with Gasteiger partial charge in [0.05, 0.1) is 11.4 Å². The number of hydrogen-bond acceptors (Lipinski definition) is 5. The summed E-state index contributed by atoms with van der Waals surface area (Å²) in [5.74, 6) is -0.457. The predicted octanol–water partition coefficient (Wildman–Crippen LogP) is 1.85. The molecule has 0 aliphatic carbocycles. The van der Waals surface area contributed by atoms with Crippen molar-refractivity contribution < 1.29 is 9.78 Å². The van der Waals surface area contributed by atoms with E-state index in [1.807, 2.05) is 6.20 Å². The molecule has 0 saturated carbocycles. The highest BCUT2D eigenvalue weighted by molar-refractivity contribution is 7.20. The van der Waals surface area contributed by atoms with E-state index in [1.54, 1.807) is 0 Å². The molecule has 4 rings (SSSR count). The maximum Gasteiger partial charge on any atom is 0.272 e. The number of amides is 1. The average Bonchev–Trinajstić information content (AvgIpc) is 3.00. The number of nitrogen functional groups attached to an aromatic ring is 1. The average molecular weight is 361 g/mol. The van der Waals surface area contributed by atoms with Crippen LogP contribution in [0.1, 0.15) is 41.8 Å². The zero-order valence-electron chi connectivity index (χ0n) is 14.5. The molecule has 6 nitrogen and oxygen atoms in total. The van der Waals surface area contributed by atoms with Crippen molar-refractivity contribution in [3.63, 3.8) is 0 Å². The number of pyridine rings is 1. The highest BCUT2D eigenvalue weighted by Gasteiger charge is 2.28. The van der Waals surface area contributed by atoms with Gasteiger partial charge in [0.2, 0.25) is 0 Å². The van der Waals surface area contributed by atoms with E-state index in [1.165, 1.54) is 56.5 Å². The third-order valence-corrected chi connectivity index (χ3v) is 6.74. The van der Waals surface area contributed by atoms with Crippen molar-refractivity contribution in [3.8, 4) is 0 Å². The van der Waals surface area contributed by atoms with Gasteiger partial charge >= 0.3 is 0 Å². The van der Waals surface area contributed by atoms with Crippen LogP contribution in [0.3, 0.4) is 0 Å². The third kappa shape index (κ3) is 3.06. The lowest BCUT2D eigenvalue weighted by Crippen LogP contribution is -2.46. The number of H-pyrrole nitrogens is 1. The van der Waals surface area contributed by atoms with Gasteiger partial charge in [0, 0.05) is 25.2 Å². The first-order chi connectivity index (χ1) is 12.1. The van der Waals surface area contributed by atoms with Crippen LogP contribution in [-0.2, 0) is 0 Å². The van der Waals surface area contributed by atoms with Crippen LogP contribution in [0.5, 0.6) is 0 Å². The maximum atomic E-state index is 11.6. The lowest BCUT2D eigenvalue weighted by molar-refractivity contribution is -0.341. The van der Waals surface area contributed by atoms with Gasteiger partial charge in [-0.3, -0.25) is 4.79 Å². The number of hydrogen-bond donors (Lipinski definition) is 2. The summed E-state index contributed by atoms with van der Waals surface area (Å²) in [5, 5.41) is 0.942. The third-order valence-electron chi connectivity index (χ3n) is 5.59. The minimum Gasteiger partial charge on any atom is -0.397 e. The van der Waals surface area contributed by atoms with E-state index in [0.29, 0.717) is 16.6 Å². The van der Waals surface area contributed by atoms with E-state index in [-0.39, 0.29) is 0 Å². The van der Waals surface area contributed by atoms with E-state index >= 15 is 0 Å². The van der Waals surface area contributed by atoms with Gasteiger partial charge in [-0.2, -0.15) is 0 Å². The maximum absolute atomic E-state index is 11.6. The highest BCUT2D eigenvalue weighted by atomic mass is 32.1. The fourth-order valence-corrected chi connectivity index (χ4v) is 5.24. The van der Waals surface area contributed by atoms with Crippen LogP contribution in [0.15, 0.2) is 12.3 Å². The number of aromatic nitrogens is 1. The fraction of sp³-hybridized carbons (Fsp3) is 0.556. The Morgan fingerprint density at radius 3 is 2.56 bits per heavy atom. The molecule has 7 heteroatoms. The number of rotatable bonds is 3. The number of nitrogens with one attached hydrogen (secondary N) is 1. The molecule has 134 valence electrons. The molecule has 0 radical (unpaired) electrons. The second-order valence-electron chi connectivity index (χ2n) is 7.09. The van der Waals surface area contributed by atoms with Gasteiger partial charge in [0.1, 0.15) is 10.3 Å². The number of aromatic amines is 1. The molecule has 2 aromatic heterocycles. The Labute approximate surface area is 151 Å². The van der Waals surface area contributed by atoms with Gasteiger partial charge in [0.25, 0.3) is 10.7 Å². The second-order valence-corrected chi connectivity index (χ2v) is 8.11. The van der Waals surface area contributed by atoms with Gasteiger partial charge in [-0.05, 0) is 38.8 Å². The number of piperidine rings is 2. The number of nitrogens with zero attached hydrogens (tertiary/aromatic N) is 2. The summed E-state index contributed by atoms with van der Waals surface area (Å²) < 4.78 is 0. The van der Waals surface area contributed by atoms with Crippen LogP contribution in [0.25, 0.3) is 10.2 Å². The number of carbonyl (C=O) groups excluding carboxylic acids is 1. The monoisotopic (exact) mass is 360 g/mol. The summed E-state index contributed by atoms with van der Waals surface area (Å²) >= 11 is 1.34. The molecule has 5 N–H and O–H groups in total. The smallest absolute Gasteiger partial charge is 0.272 e. The SMILES string of the molecule is NC(=O)c1sc2[nH+]ccc(N3CCC(N4CCCCC4)CC3)c2c1N. The molecule has 2 fully saturated rings. The van der Waals surface area contributed by atoms with Gasteiger partial charge < -0.3 is 21.3 Å². The molecule has 1 amide bonds. The minimum absolute atomic E-state index is 0.446. The van der Waals surface area contributed by atoms with Gasteiger partial charge in [-0.15, -0.1) is 0 Å². The first kappa shape index (κ1) is 16.6. The molecule has 0 atom stereocenters. The molecule has 2 aromatic rings. The summed E-state index contributed by atoms with van der Waals surface area (Å²) in [6.45, 7) is 4.58. The molecule has 0 bridgehead atoms. The molecule has 0 spiro atoms. The summed E-state index contributed by atoms with van der Waals surface area (Å²) in [4.78, 5) is 21.3. The van der Waals surface area contributed by atoms with E-state index in [0.717, 1.165) is 29.0 Å². The molecule has 2 saturated heterocycles. The molecular weight excluding hydrogens is 334 g/mol. The van der Waals surface area contributed by atoms with Crippen molar-refractivity contribution in [3.05, 3.63) is 17.1 Å². The van der Waals surface area contributed by atoms with Crippen molar-refractivity contribution in [2.75, 3.05) is 36.8 Å². The first-order valence-corrected chi connectivity index (χ1v) is 9.98. The normalized spacial score (nSPS) is 20.2. The number of nitrogens with two attached hydrogens (primary N) is 2. The van der Waals surface area contributed by atoms with Crippen LogP contribution in [0.4, 0.5) is 11.4 Å². The topological polar surface area (TPSA) is 89.7 Å². The Kier molecular flexibility index (Phi) is 4.52. The van der Waals surface area contributed by atoms with Crippen LogP contribution in [0, 0.1) is 0 Å². The van der Waals surface area contributed by atoms with Crippen LogP contribution >= 0.6 is 11.3 Å². The van der Waals surface area contributed by atoms with Crippen LogP contribution in [-0.4, -0.2) is 43.0 Å². The van der Waals surface area contributed by atoms with E-state index in [9.17, 15) is 4.79 Å². The van der Waals surface area contributed by atoms with Crippen LogP contribution in [0.2, 0.25) is 0 Å². The van der Waals surface area contributed by atoms with Crippen molar-refractivity contribution in [1.82, 2.24) is 4.90 Å². The Morgan fingerprint density at radius 1 is 1.16 bits per heavy atom. The largest absolute Gasteiger partial charge is 0.397 e. The molecule has 25 heavy (non-hydrogen) atoms. The number of fused-ring (bicyclic) bond motifs is 1. The lowest BCUT2D eigenvalue weighted by atomic mass is 9.99.